The monoisotopic (exact) mass is 498 g/mol. The van der Waals surface area contributed by atoms with Crippen LogP contribution in [0.15, 0.2) is 35.3 Å². The lowest BCUT2D eigenvalue weighted by Gasteiger charge is -2.32. The molecule has 3 aromatic rings. The van der Waals surface area contributed by atoms with E-state index >= 15 is 0 Å². The SMILES string of the molecule is CCC1CCCN(c2ncc(Cl)c(Nc3ccc4c(c3)cc(OCC(=O)N(C)C)c(=O)n4C)n2)C1. The molecule has 35 heavy (non-hydrogen) atoms. The molecule has 0 bridgehead atoms. The van der Waals surface area contributed by atoms with Gasteiger partial charge >= 0.3 is 0 Å². The van der Waals surface area contributed by atoms with E-state index in [-0.39, 0.29) is 23.8 Å². The number of ether oxygens (including phenoxy) is 1. The van der Waals surface area contributed by atoms with Crippen LogP contribution in [0.5, 0.6) is 5.75 Å². The Balaban J connectivity index is 1.60. The molecule has 1 saturated heterocycles. The molecule has 0 spiro atoms. The Hall–Kier alpha value is -3.33. The number of hydrogen-bond acceptors (Lipinski definition) is 7. The predicted octanol–water partition coefficient (Wildman–Crippen LogP) is 3.82. The normalized spacial score (nSPS) is 15.8. The van der Waals surface area contributed by atoms with Gasteiger partial charge in [-0.3, -0.25) is 9.59 Å². The van der Waals surface area contributed by atoms with Gasteiger partial charge in [0.1, 0.15) is 5.02 Å². The number of carbonyl (C=O) groups excluding carboxylic acids is 1. The first-order chi connectivity index (χ1) is 16.8. The lowest BCUT2D eigenvalue weighted by Crippen LogP contribution is -2.36. The van der Waals surface area contributed by atoms with Crippen molar-refractivity contribution in [1.29, 1.82) is 0 Å². The number of fused-ring (bicyclic) bond motifs is 1. The fourth-order valence-electron chi connectivity index (χ4n) is 4.22. The van der Waals surface area contributed by atoms with Crippen molar-refractivity contribution >= 4 is 45.9 Å². The minimum atomic E-state index is -0.305. The standard InChI is InChI=1S/C25H31ClN6O3/c1-5-16-7-6-10-32(14-16)25-27-13-19(26)23(29-25)28-18-8-9-20-17(11-18)12-21(24(34)31(20)4)35-15-22(33)30(2)3/h8-9,11-13,16H,5-7,10,14-15H2,1-4H3,(H,27,28,29). The molecule has 1 fully saturated rings. The molecular weight excluding hydrogens is 468 g/mol. The molecule has 1 unspecified atom stereocenters. The Morgan fingerprint density at radius 2 is 2.11 bits per heavy atom. The van der Waals surface area contributed by atoms with Gasteiger partial charge < -0.3 is 24.4 Å². The van der Waals surface area contributed by atoms with Crippen LogP contribution in [0.3, 0.4) is 0 Å². The van der Waals surface area contributed by atoms with Crippen molar-refractivity contribution in [1.82, 2.24) is 19.4 Å². The fraction of sp³-hybridized carbons (Fsp3) is 0.440. The first kappa shape index (κ1) is 24.8. The zero-order chi connectivity index (χ0) is 25.1. The highest BCUT2D eigenvalue weighted by atomic mass is 35.5. The van der Waals surface area contributed by atoms with E-state index in [1.165, 1.54) is 15.9 Å². The lowest BCUT2D eigenvalue weighted by molar-refractivity contribution is -0.130. The van der Waals surface area contributed by atoms with E-state index in [1.54, 1.807) is 33.4 Å². The minimum absolute atomic E-state index is 0.116. The Morgan fingerprint density at radius 1 is 1.31 bits per heavy atom. The van der Waals surface area contributed by atoms with E-state index in [2.05, 4.69) is 22.1 Å². The predicted molar refractivity (Wildman–Crippen MR) is 139 cm³/mol. The maximum Gasteiger partial charge on any atom is 0.293 e. The summed E-state index contributed by atoms with van der Waals surface area (Å²) in [6.45, 7) is 3.89. The molecule has 186 valence electrons. The van der Waals surface area contributed by atoms with Crippen molar-refractivity contribution in [2.75, 3.05) is 44.0 Å². The molecule has 1 aliphatic rings. The number of aryl methyl sites for hydroxylation is 1. The molecule has 0 radical (unpaired) electrons. The third kappa shape index (κ3) is 5.51. The number of piperidine rings is 1. The van der Waals surface area contributed by atoms with Crippen LogP contribution in [0.2, 0.25) is 5.02 Å². The van der Waals surface area contributed by atoms with Crippen LogP contribution in [0.25, 0.3) is 10.9 Å². The zero-order valence-corrected chi connectivity index (χ0v) is 21.3. The maximum absolute atomic E-state index is 12.7. The second-order valence-electron chi connectivity index (χ2n) is 9.08. The van der Waals surface area contributed by atoms with Crippen LogP contribution in [0.1, 0.15) is 26.2 Å². The molecular formula is C25H31ClN6O3. The van der Waals surface area contributed by atoms with E-state index < -0.39 is 0 Å². The largest absolute Gasteiger partial charge is 0.478 e. The number of hydrogen-bond donors (Lipinski definition) is 1. The molecule has 1 amide bonds. The van der Waals surface area contributed by atoms with Crippen molar-refractivity contribution in [2.45, 2.75) is 26.2 Å². The summed E-state index contributed by atoms with van der Waals surface area (Å²) in [5.41, 5.74) is 1.18. The summed E-state index contributed by atoms with van der Waals surface area (Å²) in [7, 11) is 4.95. The van der Waals surface area contributed by atoms with Crippen molar-refractivity contribution in [2.24, 2.45) is 13.0 Å². The number of amides is 1. The summed E-state index contributed by atoms with van der Waals surface area (Å²) in [5.74, 6) is 1.73. The second-order valence-corrected chi connectivity index (χ2v) is 9.48. The van der Waals surface area contributed by atoms with Crippen LogP contribution < -0.4 is 20.5 Å². The number of carbonyl (C=O) groups is 1. The van der Waals surface area contributed by atoms with Gasteiger partial charge in [-0.15, -0.1) is 0 Å². The lowest BCUT2D eigenvalue weighted by atomic mass is 9.96. The van der Waals surface area contributed by atoms with Gasteiger partial charge in [-0.25, -0.2) is 4.98 Å². The number of halogens is 1. The molecule has 1 N–H and O–H groups in total. The summed E-state index contributed by atoms with van der Waals surface area (Å²) < 4.78 is 7.04. The van der Waals surface area contributed by atoms with Crippen LogP contribution in [0, 0.1) is 5.92 Å². The summed E-state index contributed by atoms with van der Waals surface area (Å²) in [4.78, 5) is 37.4. The van der Waals surface area contributed by atoms with E-state index in [9.17, 15) is 9.59 Å². The maximum atomic E-state index is 12.7. The van der Waals surface area contributed by atoms with Gasteiger partial charge in [0.25, 0.3) is 11.5 Å². The average molecular weight is 499 g/mol. The third-order valence-electron chi connectivity index (χ3n) is 6.41. The Labute approximate surface area is 209 Å². The average Bonchev–Trinajstić information content (AvgIpc) is 2.86. The summed E-state index contributed by atoms with van der Waals surface area (Å²) in [6, 6.07) is 7.25. The molecule has 2 aromatic heterocycles. The van der Waals surface area contributed by atoms with Crippen molar-refractivity contribution in [3.8, 4) is 5.75 Å². The number of anilines is 3. The highest BCUT2D eigenvalue weighted by Crippen LogP contribution is 2.29. The second kappa shape index (κ2) is 10.5. The molecule has 9 nitrogen and oxygen atoms in total. The smallest absolute Gasteiger partial charge is 0.293 e. The highest BCUT2D eigenvalue weighted by molar-refractivity contribution is 6.32. The minimum Gasteiger partial charge on any atom is -0.478 e. The Morgan fingerprint density at radius 3 is 2.86 bits per heavy atom. The van der Waals surface area contributed by atoms with E-state index in [0.717, 1.165) is 42.5 Å². The topological polar surface area (TPSA) is 92.6 Å². The zero-order valence-electron chi connectivity index (χ0n) is 20.5. The summed E-state index contributed by atoms with van der Waals surface area (Å²) >= 11 is 6.42. The number of benzene rings is 1. The van der Waals surface area contributed by atoms with Gasteiger partial charge in [-0.2, -0.15) is 4.98 Å². The van der Waals surface area contributed by atoms with Gasteiger partial charge in [-0.1, -0.05) is 24.9 Å². The highest BCUT2D eigenvalue weighted by Gasteiger charge is 2.21. The number of nitrogens with zero attached hydrogens (tertiary/aromatic N) is 5. The van der Waals surface area contributed by atoms with Crippen LogP contribution >= 0.6 is 11.6 Å². The first-order valence-corrected chi connectivity index (χ1v) is 12.2. The quantitative estimate of drug-likeness (QED) is 0.529. The van der Waals surface area contributed by atoms with Gasteiger partial charge in [0.2, 0.25) is 5.95 Å². The molecule has 0 saturated carbocycles. The fourth-order valence-corrected chi connectivity index (χ4v) is 4.36. The van der Waals surface area contributed by atoms with Gasteiger partial charge in [0.15, 0.2) is 18.2 Å². The van der Waals surface area contributed by atoms with Gasteiger partial charge in [0, 0.05) is 45.3 Å². The van der Waals surface area contributed by atoms with Crippen LogP contribution in [0.4, 0.5) is 17.5 Å². The molecule has 1 aliphatic heterocycles. The third-order valence-corrected chi connectivity index (χ3v) is 6.69. The molecule has 1 atom stereocenters. The van der Waals surface area contributed by atoms with Crippen molar-refractivity contribution in [3.63, 3.8) is 0 Å². The number of pyridine rings is 1. The van der Waals surface area contributed by atoms with Crippen LogP contribution in [-0.2, 0) is 11.8 Å². The van der Waals surface area contributed by atoms with Crippen LogP contribution in [-0.4, -0.2) is 59.1 Å². The molecule has 3 heterocycles. The van der Waals surface area contributed by atoms with Gasteiger partial charge in [-0.05, 0) is 43.0 Å². The van der Waals surface area contributed by atoms with Crippen molar-refractivity contribution in [3.05, 3.63) is 45.8 Å². The number of nitrogens with one attached hydrogen (secondary N) is 1. The van der Waals surface area contributed by atoms with Crippen molar-refractivity contribution < 1.29 is 9.53 Å². The number of rotatable bonds is 7. The van der Waals surface area contributed by atoms with E-state index in [1.807, 2.05) is 18.2 Å². The first-order valence-electron chi connectivity index (χ1n) is 11.8. The number of aromatic nitrogens is 3. The molecule has 0 aliphatic carbocycles. The molecule has 4 rings (SSSR count). The van der Waals surface area contributed by atoms with E-state index in [0.29, 0.717) is 22.7 Å². The van der Waals surface area contributed by atoms with Gasteiger partial charge in [0.05, 0.1) is 11.7 Å². The number of likely N-dealkylation sites (N-methyl/N-ethyl adjacent to an activating group) is 1. The molecule has 1 aromatic carbocycles. The Kier molecular flexibility index (Phi) is 7.45. The van der Waals surface area contributed by atoms with E-state index in [4.69, 9.17) is 21.3 Å². The summed E-state index contributed by atoms with van der Waals surface area (Å²) in [5, 5.41) is 4.48. The molecule has 10 heteroatoms. The summed E-state index contributed by atoms with van der Waals surface area (Å²) in [6.07, 6.45) is 5.13. The Bertz CT molecular complexity index is 1290.